The lowest BCUT2D eigenvalue weighted by Gasteiger charge is -2.42. The van der Waals surface area contributed by atoms with Crippen LogP contribution in [0.25, 0.3) is 0 Å². The van der Waals surface area contributed by atoms with Crippen LogP contribution >= 0.6 is 23.2 Å². The molecule has 0 spiro atoms. The standard InChI is InChI=1S/C35H38Cl2N4O3/c36-28-13-11-23(12-14-28)19-31(39-33(42)30-21-26-6-1-2-7-27(26)22-38-30)34(43)41-18-17-40(35(44)32(41)20-24-9-10-24)16-15-25-5-3-4-8-29(25)37/h1-8,11-14,24,30-32,38H,9-10,15-22H2,(H,39,42). The van der Waals surface area contributed by atoms with E-state index in [1.165, 1.54) is 5.56 Å². The van der Waals surface area contributed by atoms with E-state index in [1.54, 1.807) is 17.0 Å². The molecule has 2 aliphatic heterocycles. The molecule has 3 aromatic carbocycles. The van der Waals surface area contributed by atoms with Gasteiger partial charge in [-0.25, -0.2) is 0 Å². The zero-order valence-electron chi connectivity index (χ0n) is 24.7. The Bertz CT molecular complexity index is 1510. The molecule has 230 valence electrons. The van der Waals surface area contributed by atoms with Gasteiger partial charge < -0.3 is 20.4 Å². The van der Waals surface area contributed by atoms with Gasteiger partial charge in [-0.1, -0.05) is 90.6 Å². The number of rotatable bonds is 10. The maximum Gasteiger partial charge on any atom is 0.246 e. The van der Waals surface area contributed by atoms with Gasteiger partial charge in [0.15, 0.2) is 0 Å². The van der Waals surface area contributed by atoms with Gasteiger partial charge in [-0.2, -0.15) is 0 Å². The molecular weight excluding hydrogens is 595 g/mol. The van der Waals surface area contributed by atoms with Gasteiger partial charge in [-0.05, 0) is 65.6 Å². The minimum atomic E-state index is -0.813. The van der Waals surface area contributed by atoms with Gasteiger partial charge in [0.25, 0.3) is 0 Å². The largest absolute Gasteiger partial charge is 0.343 e. The molecule has 3 atom stereocenters. The van der Waals surface area contributed by atoms with E-state index in [4.69, 9.17) is 23.2 Å². The van der Waals surface area contributed by atoms with Gasteiger partial charge in [0.2, 0.25) is 17.7 Å². The van der Waals surface area contributed by atoms with Crippen LogP contribution in [-0.4, -0.2) is 65.3 Å². The van der Waals surface area contributed by atoms with Crippen molar-refractivity contribution in [2.45, 2.75) is 63.2 Å². The predicted octanol–water partition coefficient (Wildman–Crippen LogP) is 4.82. The molecular formula is C35H38Cl2N4O3. The summed E-state index contributed by atoms with van der Waals surface area (Å²) in [6, 6.07) is 21.3. The fourth-order valence-corrected chi connectivity index (χ4v) is 6.70. The van der Waals surface area contributed by atoms with Crippen LogP contribution in [0.15, 0.2) is 72.8 Å². The second-order valence-corrected chi connectivity index (χ2v) is 13.0. The number of benzene rings is 3. The van der Waals surface area contributed by atoms with Crippen LogP contribution < -0.4 is 10.6 Å². The number of halogens is 2. The minimum Gasteiger partial charge on any atom is -0.343 e. The van der Waals surface area contributed by atoms with E-state index in [0.717, 1.165) is 29.5 Å². The monoisotopic (exact) mass is 632 g/mol. The Kier molecular flexibility index (Phi) is 9.55. The summed E-state index contributed by atoms with van der Waals surface area (Å²) in [5.41, 5.74) is 4.21. The molecule has 0 bridgehead atoms. The maximum atomic E-state index is 14.4. The van der Waals surface area contributed by atoms with E-state index in [0.29, 0.717) is 67.8 Å². The number of hydrogen-bond donors (Lipinski definition) is 2. The molecule has 3 unspecified atom stereocenters. The van der Waals surface area contributed by atoms with Crippen molar-refractivity contribution in [3.8, 4) is 0 Å². The molecule has 0 radical (unpaired) electrons. The lowest BCUT2D eigenvalue weighted by Crippen LogP contribution is -2.63. The average molecular weight is 634 g/mol. The summed E-state index contributed by atoms with van der Waals surface area (Å²) in [6.07, 6.45) is 4.31. The zero-order chi connectivity index (χ0) is 30.6. The van der Waals surface area contributed by atoms with Crippen molar-refractivity contribution in [3.05, 3.63) is 105 Å². The summed E-state index contributed by atoms with van der Waals surface area (Å²) in [4.78, 5) is 45.5. The van der Waals surface area contributed by atoms with Crippen LogP contribution in [-0.2, 0) is 40.2 Å². The summed E-state index contributed by atoms with van der Waals surface area (Å²) in [5, 5.41) is 7.71. The molecule has 9 heteroatoms. The van der Waals surface area contributed by atoms with E-state index in [1.807, 2.05) is 59.5 Å². The van der Waals surface area contributed by atoms with Gasteiger partial charge in [0.1, 0.15) is 12.1 Å². The molecule has 0 aromatic heterocycles. The highest BCUT2D eigenvalue weighted by molar-refractivity contribution is 6.31. The Labute approximate surface area is 268 Å². The topological polar surface area (TPSA) is 81.8 Å². The fourth-order valence-electron chi connectivity index (χ4n) is 6.35. The van der Waals surface area contributed by atoms with Crippen molar-refractivity contribution in [2.75, 3.05) is 19.6 Å². The quantitative estimate of drug-likeness (QED) is 0.336. The summed E-state index contributed by atoms with van der Waals surface area (Å²) in [7, 11) is 0. The van der Waals surface area contributed by atoms with Crippen molar-refractivity contribution < 1.29 is 14.4 Å². The zero-order valence-corrected chi connectivity index (χ0v) is 26.2. The fraction of sp³-hybridized carbons (Fsp3) is 0.400. The van der Waals surface area contributed by atoms with Crippen LogP contribution in [0.4, 0.5) is 0 Å². The molecule has 7 nitrogen and oxygen atoms in total. The highest BCUT2D eigenvalue weighted by atomic mass is 35.5. The van der Waals surface area contributed by atoms with E-state index < -0.39 is 18.1 Å². The van der Waals surface area contributed by atoms with Gasteiger partial charge in [-0.15, -0.1) is 0 Å². The van der Waals surface area contributed by atoms with Crippen molar-refractivity contribution in [2.24, 2.45) is 5.92 Å². The van der Waals surface area contributed by atoms with Crippen LogP contribution in [0.3, 0.4) is 0 Å². The maximum absolute atomic E-state index is 14.4. The third-order valence-electron chi connectivity index (χ3n) is 9.09. The number of amides is 3. The van der Waals surface area contributed by atoms with E-state index in [2.05, 4.69) is 16.7 Å². The summed E-state index contributed by atoms with van der Waals surface area (Å²) in [6.45, 7) is 2.01. The van der Waals surface area contributed by atoms with Crippen molar-refractivity contribution in [1.29, 1.82) is 0 Å². The van der Waals surface area contributed by atoms with Gasteiger partial charge in [-0.3, -0.25) is 14.4 Å². The molecule has 44 heavy (non-hydrogen) atoms. The third-order valence-corrected chi connectivity index (χ3v) is 9.72. The lowest BCUT2D eigenvalue weighted by atomic mass is 9.95. The molecule has 2 N–H and O–H groups in total. The second kappa shape index (κ2) is 13.7. The first-order valence-corrected chi connectivity index (χ1v) is 16.3. The number of nitrogens with one attached hydrogen (secondary N) is 2. The molecule has 3 amide bonds. The molecule has 6 rings (SSSR count). The van der Waals surface area contributed by atoms with Crippen LogP contribution in [0, 0.1) is 5.92 Å². The van der Waals surface area contributed by atoms with Crippen LogP contribution in [0.2, 0.25) is 10.0 Å². The number of carbonyl (C=O) groups excluding carboxylic acids is 3. The normalized spacial score (nSPS) is 20.6. The average Bonchev–Trinajstić information content (AvgIpc) is 3.86. The first kappa shape index (κ1) is 30.6. The van der Waals surface area contributed by atoms with Gasteiger partial charge in [0, 0.05) is 42.6 Å². The van der Waals surface area contributed by atoms with E-state index >= 15 is 0 Å². The SMILES string of the molecule is O=C(NC(Cc1ccc(Cl)cc1)C(=O)N1CCN(CCc2ccccc2Cl)C(=O)C1CC1CC1)C1Cc2ccccc2CN1. The second-order valence-electron chi connectivity index (χ2n) is 12.2. The first-order valence-electron chi connectivity index (χ1n) is 15.5. The van der Waals surface area contributed by atoms with E-state index in [-0.39, 0.29) is 17.7 Å². The van der Waals surface area contributed by atoms with Gasteiger partial charge >= 0.3 is 0 Å². The molecule has 1 saturated heterocycles. The number of fused-ring (bicyclic) bond motifs is 1. The number of piperazine rings is 1. The van der Waals surface area contributed by atoms with Gasteiger partial charge in [0.05, 0.1) is 6.04 Å². The molecule has 1 aliphatic carbocycles. The molecule has 3 aromatic rings. The highest BCUT2D eigenvalue weighted by Crippen LogP contribution is 2.36. The summed E-state index contributed by atoms with van der Waals surface area (Å²) < 4.78 is 0. The van der Waals surface area contributed by atoms with Crippen molar-refractivity contribution in [1.82, 2.24) is 20.4 Å². The Morgan fingerprint density at radius 1 is 0.932 bits per heavy atom. The summed E-state index contributed by atoms with van der Waals surface area (Å²) >= 11 is 12.5. The number of carbonyl (C=O) groups is 3. The highest BCUT2D eigenvalue weighted by Gasteiger charge is 2.43. The number of hydrogen-bond acceptors (Lipinski definition) is 4. The number of nitrogens with zero attached hydrogens (tertiary/aromatic N) is 2. The molecule has 3 aliphatic rings. The third kappa shape index (κ3) is 7.28. The first-order chi connectivity index (χ1) is 21.4. The van der Waals surface area contributed by atoms with Crippen molar-refractivity contribution >= 4 is 40.9 Å². The smallest absolute Gasteiger partial charge is 0.246 e. The molecule has 2 fully saturated rings. The van der Waals surface area contributed by atoms with E-state index in [9.17, 15) is 14.4 Å². The van der Waals surface area contributed by atoms with Crippen LogP contribution in [0.1, 0.15) is 41.5 Å². The predicted molar refractivity (Wildman–Crippen MR) is 172 cm³/mol. The molecule has 2 heterocycles. The Morgan fingerprint density at radius 3 is 2.41 bits per heavy atom. The Morgan fingerprint density at radius 2 is 1.66 bits per heavy atom. The minimum absolute atomic E-state index is 0.0225. The Balaban J connectivity index is 1.19. The summed E-state index contributed by atoms with van der Waals surface area (Å²) in [5.74, 6) is -0.00576. The van der Waals surface area contributed by atoms with Crippen molar-refractivity contribution in [3.63, 3.8) is 0 Å². The lowest BCUT2D eigenvalue weighted by molar-refractivity contribution is -0.153. The Hall–Kier alpha value is -3.39. The van der Waals surface area contributed by atoms with Crippen LogP contribution in [0.5, 0.6) is 0 Å². The molecule has 1 saturated carbocycles.